The molecule has 0 heterocycles. The normalized spacial score (nSPS) is 11.6. The summed E-state index contributed by atoms with van der Waals surface area (Å²) in [6, 6.07) is 18.6. The number of fused-ring (bicyclic) bond motifs is 1. The van der Waals surface area contributed by atoms with Crippen LogP contribution in [0.3, 0.4) is 0 Å². The van der Waals surface area contributed by atoms with Gasteiger partial charge in [0.2, 0.25) is 15.9 Å². The van der Waals surface area contributed by atoms with Crippen molar-refractivity contribution in [3.05, 3.63) is 66.2 Å². The minimum absolute atomic E-state index is 0.133. The molecule has 0 aromatic heterocycles. The monoisotopic (exact) mass is 411 g/mol. The van der Waals surface area contributed by atoms with Crippen LogP contribution in [0.15, 0.2) is 65.6 Å². The standard InChI is InChI=1S/C22H25N3O3S/c1-24(2)21-12-11-19(29(27,28)25(3)4)15-20(21)23-22(26)14-16-9-10-17-7-5-6-8-18(17)13-16/h5-13,15H,14H2,1-4H3,(H,23,26). The number of rotatable bonds is 6. The van der Waals surface area contributed by atoms with Crippen LogP contribution in [0.25, 0.3) is 10.8 Å². The third-order valence-corrected chi connectivity index (χ3v) is 6.49. The van der Waals surface area contributed by atoms with Gasteiger partial charge in [-0.25, -0.2) is 12.7 Å². The zero-order valence-corrected chi connectivity index (χ0v) is 17.8. The van der Waals surface area contributed by atoms with Crippen molar-refractivity contribution in [2.24, 2.45) is 0 Å². The number of anilines is 2. The highest BCUT2D eigenvalue weighted by atomic mass is 32.2. The van der Waals surface area contributed by atoms with Crippen LogP contribution in [0.1, 0.15) is 5.56 Å². The molecule has 0 unspecified atom stereocenters. The van der Waals surface area contributed by atoms with E-state index in [0.29, 0.717) is 5.69 Å². The van der Waals surface area contributed by atoms with Crippen molar-refractivity contribution in [2.75, 3.05) is 38.4 Å². The van der Waals surface area contributed by atoms with Crippen molar-refractivity contribution < 1.29 is 13.2 Å². The third-order valence-electron chi connectivity index (χ3n) is 4.68. The first-order valence-corrected chi connectivity index (χ1v) is 10.6. The number of hydrogen-bond donors (Lipinski definition) is 1. The van der Waals surface area contributed by atoms with E-state index in [9.17, 15) is 13.2 Å². The lowest BCUT2D eigenvalue weighted by Crippen LogP contribution is -2.23. The Balaban J connectivity index is 1.87. The second-order valence-electron chi connectivity index (χ2n) is 7.27. The molecule has 0 atom stereocenters. The first-order valence-electron chi connectivity index (χ1n) is 9.20. The summed E-state index contributed by atoms with van der Waals surface area (Å²) in [4.78, 5) is 14.7. The summed E-state index contributed by atoms with van der Waals surface area (Å²) in [5.74, 6) is -0.206. The maximum Gasteiger partial charge on any atom is 0.242 e. The highest BCUT2D eigenvalue weighted by Gasteiger charge is 2.20. The van der Waals surface area contributed by atoms with E-state index in [4.69, 9.17) is 0 Å². The second kappa shape index (κ2) is 8.23. The lowest BCUT2D eigenvalue weighted by molar-refractivity contribution is -0.115. The Morgan fingerprint density at radius 2 is 1.59 bits per heavy atom. The van der Waals surface area contributed by atoms with Crippen LogP contribution in [0.4, 0.5) is 11.4 Å². The van der Waals surface area contributed by atoms with Gasteiger partial charge >= 0.3 is 0 Å². The van der Waals surface area contributed by atoms with Gasteiger partial charge in [0.1, 0.15) is 0 Å². The molecule has 0 radical (unpaired) electrons. The van der Waals surface area contributed by atoms with Crippen LogP contribution in [0.2, 0.25) is 0 Å². The summed E-state index contributed by atoms with van der Waals surface area (Å²) < 4.78 is 26.1. The summed E-state index contributed by atoms with van der Waals surface area (Å²) in [7, 11) is 3.04. The van der Waals surface area contributed by atoms with E-state index in [2.05, 4.69) is 5.32 Å². The number of carbonyl (C=O) groups excluding carboxylic acids is 1. The molecule has 6 nitrogen and oxygen atoms in total. The average molecular weight is 412 g/mol. The number of amides is 1. The van der Waals surface area contributed by atoms with E-state index in [1.54, 1.807) is 12.1 Å². The molecule has 0 saturated heterocycles. The largest absolute Gasteiger partial charge is 0.376 e. The third kappa shape index (κ3) is 4.58. The molecule has 0 saturated carbocycles. The maximum absolute atomic E-state index is 12.7. The first kappa shape index (κ1) is 20.8. The van der Waals surface area contributed by atoms with Gasteiger partial charge in [-0.05, 0) is 34.5 Å². The van der Waals surface area contributed by atoms with Gasteiger partial charge in [-0.2, -0.15) is 0 Å². The van der Waals surface area contributed by atoms with Crippen LogP contribution >= 0.6 is 0 Å². The minimum Gasteiger partial charge on any atom is -0.376 e. The van der Waals surface area contributed by atoms with Crippen LogP contribution < -0.4 is 10.2 Å². The summed E-state index contributed by atoms with van der Waals surface area (Å²) in [6.07, 6.45) is 0.197. The van der Waals surface area contributed by atoms with Gasteiger partial charge in [-0.3, -0.25) is 4.79 Å². The molecule has 0 aliphatic carbocycles. The Morgan fingerprint density at radius 3 is 2.24 bits per heavy atom. The van der Waals surface area contributed by atoms with Gasteiger partial charge in [-0.1, -0.05) is 42.5 Å². The smallest absolute Gasteiger partial charge is 0.242 e. The number of nitrogens with zero attached hydrogens (tertiary/aromatic N) is 2. The van der Waals surface area contributed by atoms with Crippen LogP contribution in [0, 0.1) is 0 Å². The molecule has 3 aromatic rings. The fourth-order valence-corrected chi connectivity index (χ4v) is 4.03. The quantitative estimate of drug-likeness (QED) is 0.675. The zero-order chi connectivity index (χ0) is 21.2. The Morgan fingerprint density at radius 1 is 0.897 bits per heavy atom. The highest BCUT2D eigenvalue weighted by molar-refractivity contribution is 7.89. The van der Waals surface area contributed by atoms with E-state index in [-0.39, 0.29) is 17.2 Å². The molecule has 0 fully saturated rings. The first-order chi connectivity index (χ1) is 13.7. The van der Waals surface area contributed by atoms with Gasteiger partial charge in [0.25, 0.3) is 0 Å². The molecule has 0 spiro atoms. The van der Waals surface area contributed by atoms with Gasteiger partial charge in [-0.15, -0.1) is 0 Å². The van der Waals surface area contributed by atoms with Gasteiger partial charge in [0.05, 0.1) is 22.7 Å². The Labute approximate surface area is 171 Å². The predicted molar refractivity (Wildman–Crippen MR) is 118 cm³/mol. The summed E-state index contributed by atoms with van der Waals surface area (Å²) in [5, 5.41) is 5.07. The highest BCUT2D eigenvalue weighted by Crippen LogP contribution is 2.29. The zero-order valence-electron chi connectivity index (χ0n) is 17.0. The van der Waals surface area contributed by atoms with Crippen molar-refractivity contribution in [1.82, 2.24) is 4.31 Å². The van der Waals surface area contributed by atoms with Crippen molar-refractivity contribution in [1.29, 1.82) is 0 Å². The number of benzene rings is 3. The Hall–Kier alpha value is -2.90. The number of carbonyl (C=O) groups is 1. The summed E-state index contributed by atoms with van der Waals surface area (Å²) >= 11 is 0. The van der Waals surface area contributed by atoms with Crippen LogP contribution in [0.5, 0.6) is 0 Å². The fourth-order valence-electron chi connectivity index (χ4n) is 3.11. The Bertz CT molecular complexity index is 1150. The molecule has 1 amide bonds. The van der Waals surface area contributed by atoms with Gasteiger partial charge in [0.15, 0.2) is 0 Å². The van der Waals surface area contributed by atoms with Crippen molar-refractivity contribution in [3.63, 3.8) is 0 Å². The van der Waals surface area contributed by atoms with Crippen molar-refractivity contribution in [3.8, 4) is 0 Å². The molecule has 152 valence electrons. The van der Waals surface area contributed by atoms with E-state index < -0.39 is 10.0 Å². The maximum atomic E-state index is 12.7. The molecule has 0 aliphatic heterocycles. The van der Waals surface area contributed by atoms with E-state index >= 15 is 0 Å². The number of sulfonamides is 1. The molecular formula is C22H25N3O3S. The van der Waals surface area contributed by atoms with Gasteiger partial charge < -0.3 is 10.2 Å². The topological polar surface area (TPSA) is 69.7 Å². The van der Waals surface area contributed by atoms with Crippen molar-refractivity contribution >= 4 is 38.1 Å². The fraction of sp³-hybridized carbons (Fsp3) is 0.227. The van der Waals surface area contributed by atoms with E-state index in [1.807, 2.05) is 61.5 Å². The van der Waals surface area contributed by atoms with E-state index in [1.165, 1.54) is 20.2 Å². The van der Waals surface area contributed by atoms with Gasteiger partial charge in [0, 0.05) is 28.2 Å². The molecule has 7 heteroatoms. The predicted octanol–water partition coefficient (Wildman–Crippen LogP) is 3.34. The SMILES string of the molecule is CN(C)c1ccc(S(=O)(=O)N(C)C)cc1NC(=O)Cc1ccc2ccccc2c1. The molecule has 3 rings (SSSR count). The molecule has 29 heavy (non-hydrogen) atoms. The molecule has 0 aliphatic rings. The van der Waals surface area contributed by atoms with Crippen LogP contribution in [-0.4, -0.2) is 46.8 Å². The molecule has 0 bridgehead atoms. The molecule has 1 N–H and O–H groups in total. The van der Waals surface area contributed by atoms with E-state index in [0.717, 1.165) is 26.3 Å². The second-order valence-corrected chi connectivity index (χ2v) is 9.42. The minimum atomic E-state index is -3.60. The Kier molecular flexibility index (Phi) is 5.91. The lowest BCUT2D eigenvalue weighted by atomic mass is 10.0. The molecule has 3 aromatic carbocycles. The number of nitrogens with one attached hydrogen (secondary N) is 1. The lowest BCUT2D eigenvalue weighted by Gasteiger charge is -2.20. The van der Waals surface area contributed by atoms with Crippen LogP contribution in [-0.2, 0) is 21.2 Å². The summed E-state index contributed by atoms with van der Waals surface area (Å²) in [6.45, 7) is 0. The average Bonchev–Trinajstić information content (AvgIpc) is 2.67. The molecular weight excluding hydrogens is 386 g/mol. The number of hydrogen-bond acceptors (Lipinski definition) is 4. The summed E-state index contributed by atoms with van der Waals surface area (Å²) in [5.41, 5.74) is 2.09. The van der Waals surface area contributed by atoms with Crippen molar-refractivity contribution in [2.45, 2.75) is 11.3 Å².